The van der Waals surface area contributed by atoms with Gasteiger partial charge in [-0.3, -0.25) is 9.59 Å². The van der Waals surface area contributed by atoms with Crippen LogP contribution in [0.5, 0.6) is 0 Å². The van der Waals surface area contributed by atoms with E-state index in [9.17, 15) is 14.6 Å². The van der Waals surface area contributed by atoms with Crippen molar-refractivity contribution in [2.24, 2.45) is 0 Å². The molecule has 7 heteroatoms. The molecule has 1 rings (SSSR count). The van der Waals surface area contributed by atoms with Crippen molar-refractivity contribution in [2.75, 3.05) is 0 Å². The number of hydrogen-bond donors (Lipinski definition) is 3. The number of aliphatic carboxylic acids is 1. The Balaban J connectivity index is 2.48. The van der Waals surface area contributed by atoms with Gasteiger partial charge < -0.3 is 20.1 Å². The highest BCUT2D eigenvalue weighted by atomic mass is 16.5. The SMILES string of the molecule is C=C/C(=C\C=C/C)CC(=O)N[C@H]1CC[C@@H](CC(=O)O)OB1O. The van der Waals surface area contributed by atoms with Crippen molar-refractivity contribution in [3.63, 3.8) is 0 Å². The lowest BCUT2D eigenvalue weighted by Gasteiger charge is -2.30. The summed E-state index contributed by atoms with van der Waals surface area (Å²) in [6, 6.07) is 0. The van der Waals surface area contributed by atoms with Gasteiger partial charge in [0.15, 0.2) is 0 Å². The highest BCUT2D eigenvalue weighted by molar-refractivity contribution is 6.45. The molecule has 22 heavy (non-hydrogen) atoms. The van der Waals surface area contributed by atoms with Gasteiger partial charge in [0, 0.05) is 0 Å². The molecule has 0 aromatic carbocycles. The van der Waals surface area contributed by atoms with Crippen molar-refractivity contribution in [2.45, 2.75) is 44.7 Å². The molecule has 3 N–H and O–H groups in total. The Kier molecular flexibility index (Phi) is 7.63. The quantitative estimate of drug-likeness (QED) is 0.485. The molecule has 1 fully saturated rings. The van der Waals surface area contributed by atoms with Crippen molar-refractivity contribution in [3.8, 4) is 0 Å². The average molecular weight is 307 g/mol. The molecule has 1 saturated heterocycles. The summed E-state index contributed by atoms with van der Waals surface area (Å²) in [5, 5.41) is 21.3. The van der Waals surface area contributed by atoms with E-state index in [1.54, 1.807) is 12.2 Å². The summed E-state index contributed by atoms with van der Waals surface area (Å²) in [5.74, 6) is -1.73. The second-order valence-corrected chi connectivity index (χ2v) is 5.15. The number of carbonyl (C=O) groups is 2. The Morgan fingerprint density at radius 2 is 2.18 bits per heavy atom. The normalized spacial score (nSPS) is 22.6. The zero-order chi connectivity index (χ0) is 16.5. The van der Waals surface area contributed by atoms with Gasteiger partial charge in [0.25, 0.3) is 0 Å². The molecular formula is C15H22BNO5. The summed E-state index contributed by atoms with van der Waals surface area (Å²) in [7, 11) is -1.19. The fraction of sp³-hybridized carbons (Fsp3) is 0.467. The van der Waals surface area contributed by atoms with Crippen LogP contribution in [0.1, 0.15) is 32.6 Å². The van der Waals surface area contributed by atoms with Crippen LogP contribution in [-0.2, 0) is 14.2 Å². The predicted octanol–water partition coefficient (Wildman–Crippen LogP) is 1.22. The Bertz CT molecular complexity index is 475. The van der Waals surface area contributed by atoms with Gasteiger partial charge in [-0.05, 0) is 25.3 Å². The highest BCUT2D eigenvalue weighted by Gasteiger charge is 2.36. The minimum absolute atomic E-state index is 0.148. The van der Waals surface area contributed by atoms with Crippen LogP contribution in [0.15, 0.2) is 36.5 Å². The second kappa shape index (κ2) is 9.22. The molecule has 0 spiro atoms. The average Bonchev–Trinajstić information content (AvgIpc) is 2.45. The fourth-order valence-corrected chi connectivity index (χ4v) is 2.22. The predicted molar refractivity (Wildman–Crippen MR) is 84.0 cm³/mol. The molecule has 1 amide bonds. The summed E-state index contributed by atoms with van der Waals surface area (Å²) in [6.45, 7) is 5.53. The van der Waals surface area contributed by atoms with Crippen molar-refractivity contribution in [1.29, 1.82) is 0 Å². The third-order valence-corrected chi connectivity index (χ3v) is 3.35. The largest absolute Gasteiger partial charge is 0.481 e. The maximum atomic E-state index is 12.0. The molecule has 120 valence electrons. The van der Waals surface area contributed by atoms with E-state index < -0.39 is 25.1 Å². The molecule has 0 aromatic heterocycles. The first-order chi connectivity index (χ1) is 10.5. The number of hydrogen-bond acceptors (Lipinski definition) is 4. The van der Waals surface area contributed by atoms with Crippen LogP contribution < -0.4 is 5.32 Å². The first-order valence-electron chi connectivity index (χ1n) is 7.25. The minimum atomic E-state index is -1.19. The van der Waals surface area contributed by atoms with Crippen LogP contribution in [0, 0.1) is 0 Å². The van der Waals surface area contributed by atoms with E-state index in [1.807, 2.05) is 19.1 Å². The van der Waals surface area contributed by atoms with E-state index in [-0.39, 0.29) is 18.7 Å². The molecule has 0 aromatic rings. The minimum Gasteiger partial charge on any atom is -0.481 e. The maximum absolute atomic E-state index is 12.0. The Morgan fingerprint density at radius 1 is 1.45 bits per heavy atom. The van der Waals surface area contributed by atoms with Crippen molar-refractivity contribution >= 4 is 19.0 Å². The zero-order valence-electron chi connectivity index (χ0n) is 12.7. The topological polar surface area (TPSA) is 95.9 Å². The Hall–Kier alpha value is -1.86. The van der Waals surface area contributed by atoms with Gasteiger partial charge in [-0.15, -0.1) is 0 Å². The summed E-state index contributed by atoms with van der Waals surface area (Å²) in [4.78, 5) is 22.6. The molecule has 1 heterocycles. The molecule has 0 saturated carbocycles. The molecule has 0 bridgehead atoms. The molecule has 1 aliphatic heterocycles. The van der Waals surface area contributed by atoms with Gasteiger partial charge >= 0.3 is 13.1 Å². The van der Waals surface area contributed by atoms with Crippen LogP contribution in [0.25, 0.3) is 0 Å². The van der Waals surface area contributed by atoms with Crippen molar-refractivity contribution in [1.82, 2.24) is 5.32 Å². The van der Waals surface area contributed by atoms with Gasteiger partial charge in [0.1, 0.15) is 0 Å². The van der Waals surface area contributed by atoms with Gasteiger partial charge in [0.2, 0.25) is 5.91 Å². The molecule has 0 aliphatic carbocycles. The number of carbonyl (C=O) groups excluding carboxylic acids is 1. The molecule has 6 nitrogen and oxygen atoms in total. The lowest BCUT2D eigenvalue weighted by atomic mass is 9.72. The first-order valence-corrected chi connectivity index (χ1v) is 7.25. The van der Waals surface area contributed by atoms with E-state index in [4.69, 9.17) is 9.76 Å². The number of carboxylic acid groups (broad SMARTS) is 1. The van der Waals surface area contributed by atoms with Crippen molar-refractivity contribution < 1.29 is 24.4 Å². The summed E-state index contributed by atoms with van der Waals surface area (Å²) in [6.07, 6.45) is 7.53. The smallest absolute Gasteiger partial charge is 0.478 e. The number of allylic oxidation sites excluding steroid dienone is 4. The Labute approximate surface area is 130 Å². The second-order valence-electron chi connectivity index (χ2n) is 5.15. The number of carboxylic acids is 1. The third kappa shape index (κ3) is 6.28. The van der Waals surface area contributed by atoms with Crippen LogP contribution in [-0.4, -0.2) is 41.2 Å². The summed E-state index contributed by atoms with van der Waals surface area (Å²) < 4.78 is 5.22. The zero-order valence-corrected chi connectivity index (χ0v) is 12.7. The highest BCUT2D eigenvalue weighted by Crippen LogP contribution is 2.19. The number of nitrogens with one attached hydrogen (secondary N) is 1. The number of amides is 1. The van der Waals surface area contributed by atoms with Gasteiger partial charge in [-0.25, -0.2) is 0 Å². The molecule has 0 radical (unpaired) electrons. The van der Waals surface area contributed by atoms with Crippen LogP contribution in [0.2, 0.25) is 0 Å². The molecular weight excluding hydrogens is 285 g/mol. The van der Waals surface area contributed by atoms with E-state index in [1.165, 1.54) is 0 Å². The van der Waals surface area contributed by atoms with Crippen LogP contribution in [0.3, 0.4) is 0 Å². The fourth-order valence-electron chi connectivity index (χ4n) is 2.22. The van der Waals surface area contributed by atoms with Crippen LogP contribution in [0.4, 0.5) is 0 Å². The maximum Gasteiger partial charge on any atom is 0.478 e. The first kappa shape index (κ1) is 18.2. The Morgan fingerprint density at radius 3 is 2.73 bits per heavy atom. The molecule has 2 atom stereocenters. The van der Waals surface area contributed by atoms with Gasteiger partial charge in [-0.2, -0.15) is 0 Å². The monoisotopic (exact) mass is 307 g/mol. The van der Waals surface area contributed by atoms with E-state index in [2.05, 4.69) is 11.9 Å². The van der Waals surface area contributed by atoms with E-state index >= 15 is 0 Å². The van der Waals surface area contributed by atoms with Gasteiger partial charge in [0.05, 0.1) is 24.9 Å². The van der Waals surface area contributed by atoms with E-state index in [0.717, 1.165) is 5.57 Å². The lowest BCUT2D eigenvalue weighted by molar-refractivity contribution is -0.139. The van der Waals surface area contributed by atoms with Crippen molar-refractivity contribution in [3.05, 3.63) is 36.5 Å². The van der Waals surface area contributed by atoms with E-state index in [0.29, 0.717) is 12.8 Å². The summed E-state index contributed by atoms with van der Waals surface area (Å²) in [5.41, 5.74) is 0.769. The molecule has 1 aliphatic rings. The standard InChI is InChI=1S/C15H22BNO5/c1-3-5-6-11(4-2)9-14(18)17-13-8-7-12(10-15(19)20)22-16(13)21/h3-6,12-13,21H,2,7-10H2,1H3,(H,17,18)(H,19,20)/b5-3-,11-6+/t12-,13-/m0/s1. The lowest BCUT2D eigenvalue weighted by Crippen LogP contribution is -2.52. The number of rotatable bonds is 7. The van der Waals surface area contributed by atoms with Gasteiger partial charge in [-0.1, -0.05) is 30.9 Å². The third-order valence-electron chi connectivity index (χ3n) is 3.35. The summed E-state index contributed by atoms with van der Waals surface area (Å²) >= 11 is 0. The van der Waals surface area contributed by atoms with Crippen LogP contribution >= 0.6 is 0 Å². The molecule has 0 unspecified atom stereocenters.